The lowest BCUT2D eigenvalue weighted by atomic mass is 10.2. The molecule has 0 aliphatic rings. The maximum atomic E-state index is 12.0. The first-order valence-electron chi connectivity index (χ1n) is 4.84. The summed E-state index contributed by atoms with van der Waals surface area (Å²) >= 11 is 0. The van der Waals surface area contributed by atoms with E-state index >= 15 is 0 Å². The van der Waals surface area contributed by atoms with Gasteiger partial charge in [-0.25, -0.2) is 0 Å². The second-order valence-corrected chi connectivity index (χ2v) is 3.36. The standard InChI is InChI=1S/C10H6F6NO3/c11-9(12,13)19-7-1-6(4-17-5-18)2-8(3-7)20-10(14,15)16/h1-3H,4H2,(H,17,18). The van der Waals surface area contributed by atoms with Crippen LogP contribution in [-0.4, -0.2) is 19.1 Å². The fourth-order valence-corrected chi connectivity index (χ4v) is 1.26. The van der Waals surface area contributed by atoms with Gasteiger partial charge < -0.3 is 14.8 Å². The minimum absolute atomic E-state index is 0.0886. The summed E-state index contributed by atoms with van der Waals surface area (Å²) in [6.07, 6.45) is -8.92. The van der Waals surface area contributed by atoms with Gasteiger partial charge >= 0.3 is 19.1 Å². The molecule has 0 atom stereocenters. The Balaban J connectivity index is 3.03. The van der Waals surface area contributed by atoms with Gasteiger partial charge in [-0.3, -0.25) is 4.79 Å². The molecule has 0 saturated heterocycles. The predicted molar refractivity (Wildman–Crippen MR) is 52.3 cm³/mol. The van der Waals surface area contributed by atoms with Crippen molar-refractivity contribution >= 4 is 6.41 Å². The lowest BCUT2D eigenvalue weighted by Gasteiger charge is -2.14. The predicted octanol–water partition coefficient (Wildman–Crippen LogP) is 2.64. The lowest BCUT2D eigenvalue weighted by Crippen LogP contribution is -2.19. The first-order valence-corrected chi connectivity index (χ1v) is 4.84. The Kier molecular flexibility index (Phi) is 4.69. The number of nitrogens with one attached hydrogen (secondary N) is 1. The van der Waals surface area contributed by atoms with Crippen LogP contribution in [0.4, 0.5) is 26.3 Å². The van der Waals surface area contributed by atoms with E-state index in [9.17, 15) is 31.1 Å². The normalized spacial score (nSPS) is 11.9. The van der Waals surface area contributed by atoms with E-state index < -0.39 is 24.2 Å². The zero-order valence-electron chi connectivity index (χ0n) is 9.43. The van der Waals surface area contributed by atoms with Crippen molar-refractivity contribution in [1.82, 2.24) is 5.32 Å². The third kappa shape index (κ3) is 6.16. The Morgan fingerprint density at radius 2 is 1.40 bits per heavy atom. The van der Waals surface area contributed by atoms with E-state index in [4.69, 9.17) is 0 Å². The zero-order valence-corrected chi connectivity index (χ0v) is 9.43. The van der Waals surface area contributed by atoms with Gasteiger partial charge in [0.05, 0.1) is 0 Å². The Morgan fingerprint density at radius 1 is 0.950 bits per heavy atom. The Bertz CT molecular complexity index is 437. The number of amides is 1. The Morgan fingerprint density at radius 3 is 1.75 bits per heavy atom. The van der Waals surface area contributed by atoms with Crippen LogP contribution in [0.25, 0.3) is 0 Å². The molecule has 0 fully saturated rings. The molecule has 1 amide bonds. The van der Waals surface area contributed by atoms with Crippen molar-refractivity contribution in [2.45, 2.75) is 19.3 Å². The van der Waals surface area contributed by atoms with Gasteiger partial charge in [-0.2, -0.15) is 0 Å². The molecule has 1 radical (unpaired) electrons. The highest BCUT2D eigenvalue weighted by Crippen LogP contribution is 2.31. The van der Waals surface area contributed by atoms with Crippen LogP contribution in [0.1, 0.15) is 5.56 Å². The van der Waals surface area contributed by atoms with Crippen molar-refractivity contribution in [3.05, 3.63) is 23.8 Å². The molecule has 1 aromatic rings. The molecular formula is C10H6F6NO3. The Labute approximate surface area is 108 Å². The average Bonchev–Trinajstić information content (AvgIpc) is 2.21. The summed E-state index contributed by atoms with van der Waals surface area (Å²) in [6.45, 7) is -0.341. The minimum atomic E-state index is -5.07. The number of carbonyl (C=O) groups excluding carboxylic acids is 1. The molecule has 0 spiro atoms. The van der Waals surface area contributed by atoms with Crippen molar-refractivity contribution in [2.75, 3.05) is 0 Å². The Hall–Kier alpha value is -2.13. The SMILES string of the molecule is O=[C]NCc1cc(OC(F)(F)F)cc(OC(F)(F)F)c1. The lowest BCUT2D eigenvalue weighted by molar-refractivity contribution is -0.276. The number of halogens is 6. The van der Waals surface area contributed by atoms with Gasteiger partial charge in [0.15, 0.2) is 0 Å². The number of hydrogen-bond donors (Lipinski definition) is 1. The molecule has 0 unspecified atom stereocenters. The highest BCUT2D eigenvalue weighted by molar-refractivity contribution is 5.48. The molecule has 0 saturated carbocycles. The average molecular weight is 302 g/mol. The molecule has 111 valence electrons. The topological polar surface area (TPSA) is 47.6 Å². The smallest absolute Gasteiger partial charge is 0.406 e. The van der Waals surface area contributed by atoms with Crippen molar-refractivity contribution in [2.24, 2.45) is 0 Å². The minimum Gasteiger partial charge on any atom is -0.406 e. The quantitative estimate of drug-likeness (QED) is 0.672. The van der Waals surface area contributed by atoms with Gasteiger partial charge in [0.1, 0.15) is 11.5 Å². The first kappa shape index (κ1) is 15.9. The summed E-state index contributed by atoms with van der Waals surface area (Å²) < 4.78 is 79.2. The molecule has 0 aliphatic carbocycles. The van der Waals surface area contributed by atoms with Gasteiger partial charge in [-0.05, 0) is 17.7 Å². The van der Waals surface area contributed by atoms with Crippen molar-refractivity contribution < 1.29 is 40.6 Å². The highest BCUT2D eigenvalue weighted by atomic mass is 19.4. The summed E-state index contributed by atoms with van der Waals surface area (Å²) in [5.74, 6) is -1.80. The van der Waals surface area contributed by atoms with Crippen LogP contribution >= 0.6 is 0 Å². The van der Waals surface area contributed by atoms with Crippen LogP contribution in [0.5, 0.6) is 11.5 Å². The number of hydrogen-bond acceptors (Lipinski definition) is 3. The van der Waals surface area contributed by atoms with Gasteiger partial charge in [0.25, 0.3) is 0 Å². The fraction of sp³-hybridized carbons (Fsp3) is 0.300. The number of rotatable bonds is 5. The van der Waals surface area contributed by atoms with Gasteiger partial charge in [-0.15, -0.1) is 26.3 Å². The van der Waals surface area contributed by atoms with Crippen LogP contribution in [0, 0.1) is 0 Å². The molecule has 1 N–H and O–H groups in total. The monoisotopic (exact) mass is 302 g/mol. The molecule has 10 heteroatoms. The second-order valence-electron chi connectivity index (χ2n) is 3.36. The number of alkyl halides is 6. The summed E-state index contributed by atoms with van der Waals surface area (Å²) in [4.78, 5) is 9.95. The molecule has 0 aromatic heterocycles. The number of ether oxygens (including phenoxy) is 2. The highest BCUT2D eigenvalue weighted by Gasteiger charge is 2.33. The van der Waals surface area contributed by atoms with E-state index in [1.54, 1.807) is 0 Å². The van der Waals surface area contributed by atoms with E-state index in [-0.39, 0.29) is 12.1 Å². The van der Waals surface area contributed by atoms with Crippen molar-refractivity contribution in [1.29, 1.82) is 0 Å². The fourth-order valence-electron chi connectivity index (χ4n) is 1.26. The summed E-state index contributed by atoms with van der Waals surface area (Å²) in [5, 5.41) is 1.97. The van der Waals surface area contributed by atoms with Crippen molar-refractivity contribution in [3.63, 3.8) is 0 Å². The number of benzene rings is 1. The molecule has 0 aliphatic heterocycles. The summed E-state index contributed by atoms with van der Waals surface area (Å²) in [5.41, 5.74) is -0.0886. The van der Waals surface area contributed by atoms with E-state index in [0.717, 1.165) is 12.1 Å². The first-order chi connectivity index (χ1) is 9.09. The second kappa shape index (κ2) is 5.88. The van der Waals surface area contributed by atoms with Crippen LogP contribution < -0.4 is 14.8 Å². The van der Waals surface area contributed by atoms with Crippen LogP contribution in [0.15, 0.2) is 18.2 Å². The van der Waals surface area contributed by atoms with Gasteiger partial charge in [-0.1, -0.05) is 0 Å². The van der Waals surface area contributed by atoms with E-state index in [1.807, 2.05) is 5.32 Å². The third-order valence-electron chi connectivity index (χ3n) is 1.77. The molecule has 1 rings (SSSR count). The summed E-state index contributed by atoms with van der Waals surface area (Å²) in [6, 6.07) is 2.04. The van der Waals surface area contributed by atoms with E-state index in [2.05, 4.69) is 9.47 Å². The molecule has 20 heavy (non-hydrogen) atoms. The molecule has 0 heterocycles. The van der Waals surface area contributed by atoms with Crippen LogP contribution in [-0.2, 0) is 11.3 Å². The van der Waals surface area contributed by atoms with Gasteiger partial charge in [0.2, 0.25) is 0 Å². The van der Waals surface area contributed by atoms with Crippen LogP contribution in [0.3, 0.4) is 0 Å². The molecule has 1 aromatic carbocycles. The maximum Gasteiger partial charge on any atom is 0.573 e. The molecule has 0 bridgehead atoms. The summed E-state index contributed by atoms with van der Waals surface area (Å²) in [7, 11) is 0. The van der Waals surface area contributed by atoms with E-state index in [0.29, 0.717) is 6.07 Å². The van der Waals surface area contributed by atoms with E-state index in [1.165, 1.54) is 6.41 Å². The van der Waals surface area contributed by atoms with Gasteiger partial charge in [0, 0.05) is 12.6 Å². The largest absolute Gasteiger partial charge is 0.573 e. The maximum absolute atomic E-state index is 12.0. The third-order valence-corrected chi connectivity index (χ3v) is 1.77. The molecular weight excluding hydrogens is 296 g/mol. The van der Waals surface area contributed by atoms with Crippen LogP contribution in [0.2, 0.25) is 0 Å². The zero-order chi connectivity index (χ0) is 15.4. The van der Waals surface area contributed by atoms with Crippen molar-refractivity contribution in [3.8, 4) is 11.5 Å². The molecule has 4 nitrogen and oxygen atoms in total.